The molecule has 0 aromatic carbocycles. The Morgan fingerprint density at radius 1 is 1.85 bits per heavy atom. The number of esters is 1. The van der Waals surface area contributed by atoms with Gasteiger partial charge in [-0.1, -0.05) is 11.6 Å². The monoisotopic (exact) mass is 203 g/mol. The maximum Gasteiger partial charge on any atom is 0.327 e. The first kappa shape index (κ1) is 9.85. The molecule has 5 nitrogen and oxygen atoms in total. The van der Waals surface area contributed by atoms with Crippen molar-refractivity contribution in [2.45, 2.75) is 13.5 Å². The van der Waals surface area contributed by atoms with Crippen molar-refractivity contribution < 1.29 is 9.53 Å². The molecule has 1 aromatic rings. The number of hydrogen-bond acceptors (Lipinski definition) is 4. The van der Waals surface area contributed by atoms with Crippen LogP contribution < -0.4 is 5.73 Å². The molecule has 1 rings (SSSR count). The fourth-order valence-electron chi connectivity index (χ4n) is 0.827. The van der Waals surface area contributed by atoms with Crippen molar-refractivity contribution in [3.63, 3.8) is 0 Å². The van der Waals surface area contributed by atoms with Crippen molar-refractivity contribution in [3.8, 4) is 0 Å². The first-order valence-electron chi connectivity index (χ1n) is 3.77. The number of nitrogens with zero attached hydrogens (tertiary/aromatic N) is 2. The lowest BCUT2D eigenvalue weighted by atomic mass is 10.6. The average Bonchev–Trinajstić information content (AvgIpc) is 2.37. The third-order valence-electron chi connectivity index (χ3n) is 1.42. The zero-order valence-electron chi connectivity index (χ0n) is 7.16. The Labute approximate surface area is 80.4 Å². The van der Waals surface area contributed by atoms with E-state index in [4.69, 9.17) is 22.1 Å². The van der Waals surface area contributed by atoms with Gasteiger partial charge in [0.25, 0.3) is 0 Å². The molecule has 0 atom stereocenters. The molecule has 0 aliphatic heterocycles. The lowest BCUT2D eigenvalue weighted by Crippen LogP contribution is -2.15. The van der Waals surface area contributed by atoms with E-state index in [1.807, 2.05) is 0 Å². The van der Waals surface area contributed by atoms with Gasteiger partial charge in [0.05, 0.1) is 12.8 Å². The van der Waals surface area contributed by atoms with Gasteiger partial charge in [-0.15, -0.1) is 0 Å². The Hall–Kier alpha value is -1.23. The minimum absolute atomic E-state index is 0.00755. The van der Waals surface area contributed by atoms with Gasteiger partial charge in [0.2, 0.25) is 0 Å². The summed E-state index contributed by atoms with van der Waals surface area (Å²) in [5.74, 6) is -0.108. The molecule has 0 unspecified atom stereocenters. The molecule has 6 heteroatoms. The summed E-state index contributed by atoms with van der Waals surface area (Å²) in [4.78, 5) is 11.0. The highest BCUT2D eigenvalue weighted by Gasteiger charge is 2.09. The molecule has 13 heavy (non-hydrogen) atoms. The van der Waals surface area contributed by atoms with E-state index in [9.17, 15) is 4.79 Å². The Morgan fingerprint density at radius 2 is 2.54 bits per heavy atom. The predicted molar refractivity (Wildman–Crippen MR) is 48.3 cm³/mol. The van der Waals surface area contributed by atoms with Gasteiger partial charge < -0.3 is 10.5 Å². The van der Waals surface area contributed by atoms with E-state index in [2.05, 4.69) is 5.10 Å². The molecule has 0 amide bonds. The summed E-state index contributed by atoms with van der Waals surface area (Å²) in [6, 6.07) is 0. The largest absolute Gasteiger partial charge is 0.465 e. The predicted octanol–water partition coefficient (Wildman–Crippen LogP) is 0.682. The van der Waals surface area contributed by atoms with Crippen LogP contribution in [0.3, 0.4) is 0 Å². The summed E-state index contributed by atoms with van der Waals surface area (Å²) >= 11 is 5.63. The summed E-state index contributed by atoms with van der Waals surface area (Å²) in [6.07, 6.45) is 1.39. The van der Waals surface area contributed by atoms with Crippen molar-refractivity contribution in [2.24, 2.45) is 0 Å². The summed E-state index contributed by atoms with van der Waals surface area (Å²) in [5, 5.41) is 4.13. The summed E-state index contributed by atoms with van der Waals surface area (Å²) in [6.45, 7) is 2.07. The average molecular weight is 204 g/mol. The van der Waals surface area contributed by atoms with E-state index in [1.54, 1.807) is 6.92 Å². The van der Waals surface area contributed by atoms with Gasteiger partial charge in [-0.2, -0.15) is 5.10 Å². The van der Waals surface area contributed by atoms with Crippen LogP contribution in [-0.2, 0) is 16.1 Å². The number of aromatic nitrogens is 2. The highest BCUT2D eigenvalue weighted by Crippen LogP contribution is 2.16. The van der Waals surface area contributed by atoms with Gasteiger partial charge in [-0.05, 0) is 6.92 Å². The van der Waals surface area contributed by atoms with E-state index in [-0.39, 0.29) is 18.3 Å². The molecule has 0 radical (unpaired) electrons. The van der Waals surface area contributed by atoms with E-state index in [1.165, 1.54) is 10.9 Å². The molecular formula is C7H10ClN3O2. The van der Waals surface area contributed by atoms with E-state index < -0.39 is 0 Å². The van der Waals surface area contributed by atoms with Crippen LogP contribution in [0.1, 0.15) is 6.92 Å². The van der Waals surface area contributed by atoms with Gasteiger partial charge in [-0.3, -0.25) is 4.79 Å². The van der Waals surface area contributed by atoms with Crippen LogP contribution in [0.5, 0.6) is 0 Å². The van der Waals surface area contributed by atoms with Crippen LogP contribution in [-0.4, -0.2) is 22.4 Å². The zero-order valence-corrected chi connectivity index (χ0v) is 7.91. The smallest absolute Gasteiger partial charge is 0.327 e. The minimum Gasteiger partial charge on any atom is -0.465 e. The van der Waals surface area contributed by atoms with Crippen LogP contribution in [0.25, 0.3) is 0 Å². The van der Waals surface area contributed by atoms with Gasteiger partial charge in [0, 0.05) is 0 Å². The van der Waals surface area contributed by atoms with Gasteiger partial charge in [0.1, 0.15) is 17.4 Å². The molecule has 0 saturated carbocycles. The Kier molecular flexibility index (Phi) is 3.13. The highest BCUT2D eigenvalue weighted by atomic mass is 35.5. The van der Waals surface area contributed by atoms with Crippen LogP contribution in [0.2, 0.25) is 5.02 Å². The molecule has 0 aliphatic rings. The number of nitrogens with two attached hydrogens (primary N) is 1. The second-order valence-corrected chi connectivity index (χ2v) is 2.75. The van der Waals surface area contributed by atoms with E-state index >= 15 is 0 Å². The van der Waals surface area contributed by atoms with Gasteiger partial charge >= 0.3 is 5.97 Å². The fourth-order valence-corrected chi connectivity index (χ4v) is 0.968. The van der Waals surface area contributed by atoms with Crippen molar-refractivity contribution in [1.82, 2.24) is 9.78 Å². The normalized spacial score (nSPS) is 10.0. The second kappa shape index (κ2) is 4.13. The fraction of sp³-hybridized carbons (Fsp3) is 0.429. The standard InChI is InChI=1S/C7H10ClN3O2/c1-2-13-6(12)4-11-7(9)5(8)3-10-11/h3H,2,4,9H2,1H3. The van der Waals surface area contributed by atoms with Crippen molar-refractivity contribution in [3.05, 3.63) is 11.2 Å². The molecule has 1 aromatic heterocycles. The van der Waals surface area contributed by atoms with E-state index in [0.717, 1.165) is 0 Å². The maximum atomic E-state index is 11.0. The molecule has 0 saturated heterocycles. The van der Waals surface area contributed by atoms with Gasteiger partial charge in [0.15, 0.2) is 0 Å². The lowest BCUT2D eigenvalue weighted by Gasteiger charge is -2.03. The molecular weight excluding hydrogens is 194 g/mol. The Morgan fingerprint density at radius 3 is 3.00 bits per heavy atom. The number of carbonyl (C=O) groups is 1. The summed E-state index contributed by atoms with van der Waals surface area (Å²) < 4.78 is 6.00. The molecule has 0 aliphatic carbocycles. The zero-order chi connectivity index (χ0) is 9.84. The third kappa shape index (κ3) is 2.35. The molecule has 2 N–H and O–H groups in total. The minimum atomic E-state index is -0.381. The summed E-state index contributed by atoms with van der Waals surface area (Å²) in [7, 11) is 0. The number of nitrogen functional groups attached to an aromatic ring is 1. The van der Waals surface area contributed by atoms with Crippen molar-refractivity contribution >= 4 is 23.4 Å². The number of carbonyl (C=O) groups excluding carboxylic acids is 1. The lowest BCUT2D eigenvalue weighted by molar-refractivity contribution is -0.143. The van der Waals surface area contributed by atoms with Crippen molar-refractivity contribution in [2.75, 3.05) is 12.3 Å². The Bertz CT molecular complexity index is 311. The number of rotatable bonds is 3. The number of ether oxygens (including phenoxy) is 1. The first-order chi connectivity index (χ1) is 6.15. The number of halogens is 1. The van der Waals surface area contributed by atoms with Crippen LogP contribution in [0.15, 0.2) is 6.20 Å². The van der Waals surface area contributed by atoms with E-state index in [0.29, 0.717) is 11.6 Å². The first-order valence-corrected chi connectivity index (χ1v) is 4.15. The second-order valence-electron chi connectivity index (χ2n) is 2.34. The molecule has 72 valence electrons. The highest BCUT2D eigenvalue weighted by molar-refractivity contribution is 6.32. The molecule has 0 fully saturated rings. The van der Waals surface area contributed by atoms with Crippen molar-refractivity contribution in [1.29, 1.82) is 0 Å². The van der Waals surface area contributed by atoms with Crippen LogP contribution in [0, 0.1) is 0 Å². The Balaban J connectivity index is 2.64. The topological polar surface area (TPSA) is 70.1 Å². The third-order valence-corrected chi connectivity index (χ3v) is 1.71. The number of hydrogen-bond donors (Lipinski definition) is 1. The number of anilines is 1. The quantitative estimate of drug-likeness (QED) is 0.734. The SMILES string of the molecule is CCOC(=O)Cn1ncc(Cl)c1N. The summed E-state index contributed by atoms with van der Waals surface area (Å²) in [5.41, 5.74) is 5.51. The molecule has 1 heterocycles. The van der Waals surface area contributed by atoms with Crippen LogP contribution >= 0.6 is 11.6 Å². The molecule has 0 spiro atoms. The molecule has 0 bridgehead atoms. The van der Waals surface area contributed by atoms with Gasteiger partial charge in [-0.25, -0.2) is 4.68 Å². The maximum absolute atomic E-state index is 11.0. The van der Waals surface area contributed by atoms with Crippen LogP contribution in [0.4, 0.5) is 5.82 Å².